The molecule has 1 heterocycles. The van der Waals surface area contributed by atoms with Gasteiger partial charge in [0.1, 0.15) is 11.6 Å². The van der Waals surface area contributed by atoms with Crippen LogP contribution in [-0.4, -0.2) is 41.7 Å². The van der Waals surface area contributed by atoms with Crippen LogP contribution in [0.1, 0.15) is 13.3 Å². The van der Waals surface area contributed by atoms with Crippen LogP contribution in [0.2, 0.25) is 0 Å². The monoisotopic (exact) mass is 284 g/mol. The number of carbonyl (C=O) groups is 1. The van der Waals surface area contributed by atoms with Crippen molar-refractivity contribution in [2.24, 2.45) is 5.92 Å². The molecule has 1 aliphatic heterocycles. The first kappa shape index (κ1) is 14.9. The molecule has 110 valence electrons. The molecule has 1 fully saturated rings. The molecule has 0 saturated carbocycles. The van der Waals surface area contributed by atoms with Gasteiger partial charge in [-0.3, -0.25) is 9.69 Å². The number of halogens is 2. The van der Waals surface area contributed by atoms with E-state index in [9.17, 15) is 18.7 Å². The summed E-state index contributed by atoms with van der Waals surface area (Å²) in [6, 6.07) is 2.93. The molecule has 0 spiro atoms. The summed E-state index contributed by atoms with van der Waals surface area (Å²) in [5.74, 6) is -1.49. The third-order valence-corrected chi connectivity index (χ3v) is 3.56. The Kier molecular flexibility index (Phi) is 4.67. The van der Waals surface area contributed by atoms with Gasteiger partial charge in [-0.1, -0.05) is 0 Å². The lowest BCUT2D eigenvalue weighted by molar-refractivity contribution is -0.117. The highest BCUT2D eigenvalue weighted by atomic mass is 19.1. The van der Waals surface area contributed by atoms with Gasteiger partial charge >= 0.3 is 0 Å². The number of hydrogen-bond donors (Lipinski definition) is 2. The molecule has 1 aromatic rings. The summed E-state index contributed by atoms with van der Waals surface area (Å²) in [6.45, 7) is 3.20. The second-order valence-corrected chi connectivity index (χ2v) is 5.20. The Morgan fingerprint density at radius 1 is 1.55 bits per heavy atom. The lowest BCUT2D eigenvalue weighted by Gasteiger charge is -2.17. The standard InChI is InChI=1S/C14H18F2N2O2/c1-9(19)10-4-5-18(7-10)8-14(20)17-13-6-11(15)2-3-12(13)16/h2-3,6,9-10,19H,4-5,7-8H2,1H3,(H,17,20). The van der Waals surface area contributed by atoms with E-state index >= 15 is 0 Å². The summed E-state index contributed by atoms with van der Waals surface area (Å²) in [6.07, 6.45) is 0.433. The van der Waals surface area contributed by atoms with Crippen molar-refractivity contribution in [1.29, 1.82) is 0 Å². The van der Waals surface area contributed by atoms with Crippen molar-refractivity contribution in [3.05, 3.63) is 29.8 Å². The maximum Gasteiger partial charge on any atom is 0.238 e. The fourth-order valence-electron chi connectivity index (χ4n) is 2.39. The van der Waals surface area contributed by atoms with E-state index in [1.807, 2.05) is 4.90 Å². The maximum absolute atomic E-state index is 13.4. The Morgan fingerprint density at radius 3 is 2.95 bits per heavy atom. The molecule has 6 heteroatoms. The summed E-state index contributed by atoms with van der Waals surface area (Å²) in [7, 11) is 0. The van der Waals surface area contributed by atoms with Crippen LogP contribution in [0, 0.1) is 17.6 Å². The van der Waals surface area contributed by atoms with Crippen molar-refractivity contribution in [3.8, 4) is 0 Å². The van der Waals surface area contributed by atoms with Crippen LogP contribution >= 0.6 is 0 Å². The molecule has 20 heavy (non-hydrogen) atoms. The lowest BCUT2D eigenvalue weighted by atomic mass is 10.0. The predicted octanol–water partition coefficient (Wildman–Crippen LogP) is 1.61. The van der Waals surface area contributed by atoms with E-state index in [-0.39, 0.29) is 24.1 Å². The number of nitrogens with zero attached hydrogens (tertiary/aromatic N) is 1. The van der Waals surface area contributed by atoms with Gasteiger partial charge < -0.3 is 10.4 Å². The van der Waals surface area contributed by atoms with E-state index in [1.54, 1.807) is 6.92 Å². The first-order chi connectivity index (χ1) is 9.45. The number of likely N-dealkylation sites (tertiary alicyclic amines) is 1. The average Bonchev–Trinajstić information content (AvgIpc) is 2.82. The van der Waals surface area contributed by atoms with E-state index < -0.39 is 17.7 Å². The van der Waals surface area contributed by atoms with Crippen molar-refractivity contribution >= 4 is 11.6 Å². The smallest absolute Gasteiger partial charge is 0.238 e. The number of amides is 1. The molecule has 2 atom stereocenters. The van der Waals surface area contributed by atoms with Crippen molar-refractivity contribution in [2.45, 2.75) is 19.4 Å². The zero-order valence-corrected chi connectivity index (χ0v) is 11.3. The largest absolute Gasteiger partial charge is 0.393 e. The number of aliphatic hydroxyl groups excluding tert-OH is 1. The van der Waals surface area contributed by atoms with Crippen LogP contribution in [-0.2, 0) is 4.79 Å². The lowest BCUT2D eigenvalue weighted by Crippen LogP contribution is -2.32. The van der Waals surface area contributed by atoms with Crippen LogP contribution in [0.25, 0.3) is 0 Å². The molecule has 2 unspecified atom stereocenters. The molecule has 2 N–H and O–H groups in total. The van der Waals surface area contributed by atoms with Gasteiger partial charge in [-0.15, -0.1) is 0 Å². The molecule has 2 rings (SSSR count). The van der Waals surface area contributed by atoms with Crippen molar-refractivity contribution in [2.75, 3.05) is 25.0 Å². The highest BCUT2D eigenvalue weighted by Crippen LogP contribution is 2.20. The molecular formula is C14H18F2N2O2. The Labute approximate surface area is 116 Å². The minimum absolute atomic E-state index is 0.110. The first-order valence-electron chi connectivity index (χ1n) is 6.61. The molecule has 0 bridgehead atoms. The SMILES string of the molecule is CC(O)C1CCN(CC(=O)Nc2cc(F)ccc2F)C1. The highest BCUT2D eigenvalue weighted by molar-refractivity contribution is 5.92. The quantitative estimate of drug-likeness (QED) is 0.883. The van der Waals surface area contributed by atoms with E-state index in [2.05, 4.69) is 5.32 Å². The van der Waals surface area contributed by atoms with Gasteiger partial charge in [0.2, 0.25) is 5.91 Å². The molecule has 0 aromatic heterocycles. The van der Waals surface area contributed by atoms with Gasteiger partial charge in [0.15, 0.2) is 0 Å². The van der Waals surface area contributed by atoms with Crippen molar-refractivity contribution in [1.82, 2.24) is 4.90 Å². The molecule has 4 nitrogen and oxygen atoms in total. The van der Waals surface area contributed by atoms with Crippen LogP contribution in [0.15, 0.2) is 18.2 Å². The van der Waals surface area contributed by atoms with E-state index in [4.69, 9.17) is 0 Å². The number of aliphatic hydroxyl groups is 1. The molecular weight excluding hydrogens is 266 g/mol. The molecule has 1 aliphatic rings. The molecule has 0 radical (unpaired) electrons. The van der Waals surface area contributed by atoms with Gasteiger partial charge in [-0.05, 0) is 37.9 Å². The van der Waals surface area contributed by atoms with Gasteiger partial charge in [-0.25, -0.2) is 8.78 Å². The average molecular weight is 284 g/mol. The Bertz CT molecular complexity index is 494. The topological polar surface area (TPSA) is 52.6 Å². The third-order valence-electron chi connectivity index (χ3n) is 3.56. The Hall–Kier alpha value is -1.53. The van der Waals surface area contributed by atoms with Gasteiger partial charge in [0.05, 0.1) is 18.3 Å². The molecule has 0 aliphatic carbocycles. The van der Waals surface area contributed by atoms with Crippen LogP contribution in [0.5, 0.6) is 0 Å². The normalized spacial score (nSPS) is 20.9. The van der Waals surface area contributed by atoms with Crippen molar-refractivity contribution < 1.29 is 18.7 Å². The number of hydrogen-bond acceptors (Lipinski definition) is 3. The molecule has 1 aromatic carbocycles. The summed E-state index contributed by atoms with van der Waals surface area (Å²) in [5.41, 5.74) is -0.152. The van der Waals surface area contributed by atoms with Crippen LogP contribution in [0.3, 0.4) is 0 Å². The zero-order chi connectivity index (χ0) is 14.7. The number of rotatable bonds is 4. The fraction of sp³-hybridized carbons (Fsp3) is 0.500. The van der Waals surface area contributed by atoms with E-state index in [1.165, 1.54) is 0 Å². The third kappa shape index (κ3) is 3.74. The predicted molar refractivity (Wildman–Crippen MR) is 71.2 cm³/mol. The van der Waals surface area contributed by atoms with Gasteiger partial charge in [-0.2, -0.15) is 0 Å². The van der Waals surface area contributed by atoms with E-state index in [0.29, 0.717) is 13.1 Å². The minimum Gasteiger partial charge on any atom is -0.393 e. The van der Waals surface area contributed by atoms with Crippen LogP contribution in [0.4, 0.5) is 14.5 Å². The second-order valence-electron chi connectivity index (χ2n) is 5.20. The summed E-state index contributed by atoms with van der Waals surface area (Å²) < 4.78 is 26.4. The Morgan fingerprint density at radius 2 is 2.30 bits per heavy atom. The molecule has 1 saturated heterocycles. The number of benzene rings is 1. The Balaban J connectivity index is 1.88. The summed E-state index contributed by atoms with van der Waals surface area (Å²) in [4.78, 5) is 13.7. The van der Waals surface area contributed by atoms with Gasteiger partial charge in [0, 0.05) is 12.6 Å². The highest BCUT2D eigenvalue weighted by Gasteiger charge is 2.27. The first-order valence-corrected chi connectivity index (χ1v) is 6.61. The zero-order valence-electron chi connectivity index (χ0n) is 11.3. The fourth-order valence-corrected chi connectivity index (χ4v) is 2.39. The summed E-state index contributed by atoms with van der Waals surface area (Å²) in [5, 5.41) is 11.9. The summed E-state index contributed by atoms with van der Waals surface area (Å²) >= 11 is 0. The minimum atomic E-state index is -0.664. The number of nitrogens with one attached hydrogen (secondary N) is 1. The van der Waals surface area contributed by atoms with Crippen LogP contribution < -0.4 is 5.32 Å². The maximum atomic E-state index is 13.4. The number of anilines is 1. The van der Waals surface area contributed by atoms with E-state index in [0.717, 1.165) is 24.6 Å². The second kappa shape index (κ2) is 6.28. The van der Waals surface area contributed by atoms with Crippen molar-refractivity contribution in [3.63, 3.8) is 0 Å². The molecule has 1 amide bonds. The van der Waals surface area contributed by atoms with Gasteiger partial charge in [0.25, 0.3) is 0 Å². The number of carbonyl (C=O) groups excluding carboxylic acids is 1.